The molecule has 1 aromatic heterocycles. The third kappa shape index (κ3) is 1.17. The van der Waals surface area contributed by atoms with Crippen LogP contribution in [0.4, 0.5) is 0 Å². The molecule has 1 heterocycles. The SMILES string of the molecule is O=c1[nH]c2cc(Br)cc(Cl)c2[nH]1. The zero-order valence-electron chi connectivity index (χ0n) is 5.82. The number of benzene rings is 1. The van der Waals surface area contributed by atoms with Crippen molar-refractivity contribution in [2.75, 3.05) is 0 Å². The van der Waals surface area contributed by atoms with E-state index >= 15 is 0 Å². The second-order valence-electron chi connectivity index (χ2n) is 2.39. The molecule has 12 heavy (non-hydrogen) atoms. The number of halogens is 2. The summed E-state index contributed by atoms with van der Waals surface area (Å²) in [6.45, 7) is 0. The molecule has 3 nitrogen and oxygen atoms in total. The molecule has 0 aliphatic carbocycles. The molecule has 0 bridgehead atoms. The third-order valence-electron chi connectivity index (χ3n) is 1.54. The molecule has 0 spiro atoms. The minimum absolute atomic E-state index is 0.245. The van der Waals surface area contributed by atoms with Crippen molar-refractivity contribution in [1.82, 2.24) is 9.97 Å². The molecule has 0 saturated carbocycles. The summed E-state index contributed by atoms with van der Waals surface area (Å²) in [5, 5.41) is 0.526. The van der Waals surface area contributed by atoms with Gasteiger partial charge in [-0.3, -0.25) is 0 Å². The third-order valence-corrected chi connectivity index (χ3v) is 2.30. The lowest BCUT2D eigenvalue weighted by molar-refractivity contribution is 1.21. The van der Waals surface area contributed by atoms with E-state index in [1.54, 1.807) is 12.1 Å². The summed E-state index contributed by atoms with van der Waals surface area (Å²) in [6.07, 6.45) is 0. The average Bonchev–Trinajstić information content (AvgIpc) is 2.29. The predicted molar refractivity (Wildman–Crippen MR) is 51.6 cm³/mol. The fourth-order valence-electron chi connectivity index (χ4n) is 1.07. The number of nitrogens with one attached hydrogen (secondary N) is 2. The van der Waals surface area contributed by atoms with Crippen LogP contribution in [0.25, 0.3) is 11.0 Å². The van der Waals surface area contributed by atoms with E-state index in [2.05, 4.69) is 25.9 Å². The number of rotatable bonds is 0. The molecule has 62 valence electrons. The Morgan fingerprint density at radius 3 is 2.83 bits per heavy atom. The van der Waals surface area contributed by atoms with Crippen molar-refractivity contribution >= 4 is 38.6 Å². The van der Waals surface area contributed by atoms with Crippen molar-refractivity contribution < 1.29 is 0 Å². The van der Waals surface area contributed by atoms with Crippen LogP contribution >= 0.6 is 27.5 Å². The first-order valence-corrected chi connectivity index (χ1v) is 4.41. The van der Waals surface area contributed by atoms with Crippen LogP contribution in [-0.2, 0) is 0 Å². The highest BCUT2D eigenvalue weighted by Crippen LogP contribution is 2.24. The van der Waals surface area contributed by atoms with Crippen LogP contribution in [0.15, 0.2) is 21.4 Å². The summed E-state index contributed by atoms with van der Waals surface area (Å²) in [4.78, 5) is 16.1. The van der Waals surface area contributed by atoms with Crippen molar-refractivity contribution in [3.63, 3.8) is 0 Å². The summed E-state index contributed by atoms with van der Waals surface area (Å²) < 4.78 is 0.843. The lowest BCUT2D eigenvalue weighted by Gasteiger charge is -1.93. The predicted octanol–water partition coefficient (Wildman–Crippen LogP) is 2.27. The Balaban J connectivity index is 2.97. The first-order chi connectivity index (χ1) is 5.66. The van der Waals surface area contributed by atoms with E-state index in [-0.39, 0.29) is 5.69 Å². The lowest BCUT2D eigenvalue weighted by Crippen LogP contribution is -1.99. The molecule has 2 rings (SSSR count). The number of aromatic amines is 2. The van der Waals surface area contributed by atoms with Crippen LogP contribution in [0.3, 0.4) is 0 Å². The van der Waals surface area contributed by atoms with Crippen LogP contribution < -0.4 is 5.69 Å². The van der Waals surface area contributed by atoms with Gasteiger partial charge in [0.05, 0.1) is 16.1 Å². The molecule has 0 saturated heterocycles. The van der Waals surface area contributed by atoms with Crippen molar-refractivity contribution in [1.29, 1.82) is 0 Å². The Kier molecular flexibility index (Phi) is 1.73. The van der Waals surface area contributed by atoms with Crippen LogP contribution in [0.2, 0.25) is 5.02 Å². The van der Waals surface area contributed by atoms with Gasteiger partial charge in [-0.25, -0.2) is 4.79 Å². The molecule has 1 aromatic carbocycles. The smallest absolute Gasteiger partial charge is 0.306 e. The van der Waals surface area contributed by atoms with Gasteiger partial charge >= 0.3 is 5.69 Å². The Hall–Kier alpha value is -0.740. The zero-order valence-corrected chi connectivity index (χ0v) is 8.16. The van der Waals surface area contributed by atoms with E-state index in [0.717, 1.165) is 4.47 Å². The van der Waals surface area contributed by atoms with E-state index in [1.165, 1.54) is 0 Å². The van der Waals surface area contributed by atoms with Crippen LogP contribution in [0.5, 0.6) is 0 Å². The zero-order chi connectivity index (χ0) is 8.72. The number of fused-ring (bicyclic) bond motifs is 1. The van der Waals surface area contributed by atoms with Crippen LogP contribution in [0, 0.1) is 0 Å². The maximum atomic E-state index is 10.9. The molecular formula is C7H4BrClN2O. The number of imidazole rings is 1. The van der Waals surface area contributed by atoms with Crippen molar-refractivity contribution in [3.8, 4) is 0 Å². The van der Waals surface area contributed by atoms with E-state index in [0.29, 0.717) is 16.1 Å². The first-order valence-electron chi connectivity index (χ1n) is 3.24. The van der Waals surface area contributed by atoms with E-state index in [1.807, 2.05) is 0 Å². The summed E-state index contributed by atoms with van der Waals surface area (Å²) in [5.74, 6) is 0. The molecule has 2 N–H and O–H groups in total. The molecule has 0 aliphatic rings. The topological polar surface area (TPSA) is 48.6 Å². The van der Waals surface area contributed by atoms with Crippen molar-refractivity contribution in [3.05, 3.63) is 32.1 Å². The van der Waals surface area contributed by atoms with Crippen LogP contribution in [-0.4, -0.2) is 9.97 Å². The second kappa shape index (κ2) is 2.64. The van der Waals surface area contributed by atoms with Gasteiger partial charge in [0.25, 0.3) is 0 Å². The molecule has 0 amide bonds. The second-order valence-corrected chi connectivity index (χ2v) is 3.71. The molecule has 2 aromatic rings. The maximum absolute atomic E-state index is 10.9. The standard InChI is InChI=1S/C7H4BrClN2O/c8-3-1-4(9)6-5(2-3)10-7(12)11-6/h1-2H,(H2,10,11,12). The van der Waals surface area contributed by atoms with Gasteiger partial charge in [-0.15, -0.1) is 0 Å². The molecule has 0 fully saturated rings. The average molecular weight is 247 g/mol. The molecule has 5 heteroatoms. The van der Waals surface area contributed by atoms with Gasteiger partial charge in [0.2, 0.25) is 0 Å². The summed E-state index contributed by atoms with van der Waals surface area (Å²) in [6, 6.07) is 3.52. The molecule has 0 aliphatic heterocycles. The summed E-state index contributed by atoms with van der Waals surface area (Å²) in [7, 11) is 0. The van der Waals surface area contributed by atoms with E-state index in [4.69, 9.17) is 11.6 Å². The van der Waals surface area contributed by atoms with Gasteiger partial charge in [-0.2, -0.15) is 0 Å². The monoisotopic (exact) mass is 246 g/mol. The van der Waals surface area contributed by atoms with Gasteiger partial charge in [0.1, 0.15) is 0 Å². The van der Waals surface area contributed by atoms with Gasteiger partial charge in [-0.05, 0) is 12.1 Å². The molecule has 0 unspecified atom stereocenters. The largest absolute Gasteiger partial charge is 0.323 e. The highest BCUT2D eigenvalue weighted by molar-refractivity contribution is 9.10. The highest BCUT2D eigenvalue weighted by atomic mass is 79.9. The van der Waals surface area contributed by atoms with Crippen molar-refractivity contribution in [2.45, 2.75) is 0 Å². The Bertz CT molecular complexity index is 488. The fourth-order valence-corrected chi connectivity index (χ4v) is 1.92. The molecular weight excluding hydrogens is 243 g/mol. The fraction of sp³-hybridized carbons (Fsp3) is 0. The minimum atomic E-state index is -0.245. The summed E-state index contributed by atoms with van der Waals surface area (Å²) >= 11 is 9.13. The first kappa shape index (κ1) is 7.89. The van der Waals surface area contributed by atoms with Gasteiger partial charge < -0.3 is 9.97 Å². The van der Waals surface area contributed by atoms with Crippen LogP contribution in [0.1, 0.15) is 0 Å². The number of hydrogen-bond acceptors (Lipinski definition) is 1. The van der Waals surface area contributed by atoms with Gasteiger partial charge in [0.15, 0.2) is 0 Å². The van der Waals surface area contributed by atoms with Gasteiger partial charge in [-0.1, -0.05) is 27.5 Å². The van der Waals surface area contributed by atoms with E-state index in [9.17, 15) is 4.79 Å². The number of aromatic nitrogens is 2. The van der Waals surface area contributed by atoms with Gasteiger partial charge in [0, 0.05) is 4.47 Å². The minimum Gasteiger partial charge on any atom is -0.306 e. The van der Waals surface area contributed by atoms with E-state index < -0.39 is 0 Å². The van der Waals surface area contributed by atoms with Crippen molar-refractivity contribution in [2.24, 2.45) is 0 Å². The quantitative estimate of drug-likeness (QED) is 0.737. The molecule has 0 atom stereocenters. The number of H-pyrrole nitrogens is 2. The molecule has 0 radical (unpaired) electrons. The Morgan fingerprint density at radius 2 is 2.08 bits per heavy atom. The number of hydrogen-bond donors (Lipinski definition) is 2. The summed E-state index contributed by atoms with van der Waals surface area (Å²) in [5.41, 5.74) is 1.11. The Morgan fingerprint density at radius 1 is 1.33 bits per heavy atom. The lowest BCUT2D eigenvalue weighted by atomic mass is 10.3. The normalized spacial score (nSPS) is 10.8. The Labute approximate surface area is 80.9 Å². The maximum Gasteiger partial charge on any atom is 0.323 e. The highest BCUT2D eigenvalue weighted by Gasteiger charge is 2.03.